The van der Waals surface area contributed by atoms with Crippen LogP contribution in [0, 0.1) is 5.92 Å². The molecule has 0 radical (unpaired) electrons. The summed E-state index contributed by atoms with van der Waals surface area (Å²) in [7, 11) is 0. The molecular weight excluding hydrogens is 218 g/mol. The maximum Gasteiger partial charge on any atom is 0.0138 e. The van der Waals surface area contributed by atoms with Gasteiger partial charge in [-0.25, -0.2) is 0 Å². The van der Waals surface area contributed by atoms with Gasteiger partial charge in [0.2, 0.25) is 0 Å². The molecule has 3 aliphatic rings. The van der Waals surface area contributed by atoms with E-state index in [0.717, 1.165) is 5.92 Å². The minimum absolute atomic E-state index is 0.423. The molecule has 1 N–H and O–H groups in total. The summed E-state index contributed by atoms with van der Waals surface area (Å²) < 4.78 is 0. The highest BCUT2D eigenvalue weighted by atomic mass is 14.9. The maximum atomic E-state index is 3.22. The maximum absolute atomic E-state index is 3.22. The Bertz CT molecular complexity index is 397. The molecule has 96 valence electrons. The second-order valence-corrected chi connectivity index (χ2v) is 5.84. The van der Waals surface area contributed by atoms with Crippen molar-refractivity contribution in [3.05, 3.63) is 48.0 Å². The fraction of sp³-hybridized carbons (Fsp3) is 0.529. The molecule has 0 amide bonds. The van der Waals surface area contributed by atoms with Gasteiger partial charge in [-0.3, -0.25) is 0 Å². The molecule has 2 atom stereocenters. The summed E-state index contributed by atoms with van der Waals surface area (Å²) in [5.74, 6) is 0.875. The Labute approximate surface area is 110 Å². The zero-order valence-electron chi connectivity index (χ0n) is 11.1. The number of rotatable bonds is 1. The van der Waals surface area contributed by atoms with Crippen LogP contribution in [0.4, 0.5) is 0 Å². The van der Waals surface area contributed by atoms with Crippen LogP contribution in [-0.2, 0) is 5.41 Å². The fourth-order valence-corrected chi connectivity index (χ4v) is 3.50. The molecular formula is C17H23N. The van der Waals surface area contributed by atoms with Gasteiger partial charge in [-0.05, 0) is 56.7 Å². The summed E-state index contributed by atoms with van der Waals surface area (Å²) in [5, 5.41) is 3.22. The average molecular weight is 241 g/mol. The van der Waals surface area contributed by atoms with Gasteiger partial charge in [-0.1, -0.05) is 42.5 Å². The van der Waals surface area contributed by atoms with Gasteiger partial charge in [-0.2, -0.15) is 0 Å². The number of allylic oxidation sites excluding steroid dienone is 2. The molecule has 1 heteroatoms. The Morgan fingerprint density at radius 2 is 1.83 bits per heavy atom. The van der Waals surface area contributed by atoms with E-state index in [-0.39, 0.29) is 0 Å². The number of benzene rings is 1. The third-order valence-corrected chi connectivity index (χ3v) is 4.58. The minimum atomic E-state index is 0.423. The fourth-order valence-electron chi connectivity index (χ4n) is 3.50. The van der Waals surface area contributed by atoms with Crippen LogP contribution in [-0.4, -0.2) is 13.1 Å². The van der Waals surface area contributed by atoms with E-state index in [9.17, 15) is 0 Å². The molecule has 1 aromatic carbocycles. The molecule has 1 saturated heterocycles. The number of hydrogen-bond acceptors (Lipinski definition) is 1. The van der Waals surface area contributed by atoms with Crippen LogP contribution in [0.5, 0.6) is 0 Å². The summed E-state index contributed by atoms with van der Waals surface area (Å²) in [4.78, 5) is 0. The molecule has 2 fully saturated rings. The summed E-state index contributed by atoms with van der Waals surface area (Å²) >= 11 is 0. The minimum Gasteiger partial charge on any atom is -0.317 e. The second kappa shape index (κ2) is 5.27. The van der Waals surface area contributed by atoms with Crippen LogP contribution < -0.4 is 5.32 Å². The first-order chi connectivity index (χ1) is 8.89. The Morgan fingerprint density at radius 1 is 1.06 bits per heavy atom. The van der Waals surface area contributed by atoms with Gasteiger partial charge in [-0.15, -0.1) is 0 Å². The zero-order chi connectivity index (χ0) is 12.3. The van der Waals surface area contributed by atoms with E-state index in [0.29, 0.717) is 5.41 Å². The van der Waals surface area contributed by atoms with E-state index in [1.807, 2.05) is 0 Å². The average Bonchev–Trinajstić information content (AvgIpc) is 3.19. The number of hydrogen-bond donors (Lipinski definition) is 1. The Hall–Kier alpha value is -1.08. The summed E-state index contributed by atoms with van der Waals surface area (Å²) in [6.07, 6.45) is 11.7. The topological polar surface area (TPSA) is 12.0 Å². The van der Waals surface area contributed by atoms with Crippen LogP contribution in [0.25, 0.3) is 0 Å². The lowest BCUT2D eigenvalue weighted by atomic mass is 9.80. The zero-order valence-corrected chi connectivity index (χ0v) is 11.1. The van der Waals surface area contributed by atoms with Crippen molar-refractivity contribution in [1.29, 1.82) is 0 Å². The van der Waals surface area contributed by atoms with Crippen LogP contribution >= 0.6 is 0 Å². The molecule has 18 heavy (non-hydrogen) atoms. The van der Waals surface area contributed by atoms with Crippen LogP contribution in [0.15, 0.2) is 42.5 Å². The van der Waals surface area contributed by atoms with Gasteiger partial charge in [0.05, 0.1) is 0 Å². The molecule has 1 saturated carbocycles. The predicted octanol–water partition coefficient (Wildman–Crippen LogP) is 3.66. The standard InChI is InChI=1S/C13H14.C4H9N/c1-2-4-12(5-3-1)13-8-6-11(10-13)7-9-13;1-2-4-5-3-1/h1-6,8,11H,7,9-10H2;5H,1-4H2. The van der Waals surface area contributed by atoms with Crippen molar-refractivity contribution in [3.8, 4) is 0 Å². The Balaban J connectivity index is 0.000000169. The first-order valence-corrected chi connectivity index (χ1v) is 7.35. The molecule has 0 aromatic heterocycles. The molecule has 2 bridgehead atoms. The Morgan fingerprint density at radius 3 is 2.28 bits per heavy atom. The molecule has 1 aromatic rings. The van der Waals surface area contributed by atoms with E-state index < -0.39 is 0 Å². The SMILES string of the molecule is C1=CC2(c3ccccc3)CCC1C2.C1CCNC1. The monoisotopic (exact) mass is 241 g/mol. The van der Waals surface area contributed by atoms with Gasteiger partial charge in [0.1, 0.15) is 0 Å². The van der Waals surface area contributed by atoms with Crippen molar-refractivity contribution in [2.75, 3.05) is 13.1 Å². The van der Waals surface area contributed by atoms with Crippen LogP contribution in [0.1, 0.15) is 37.7 Å². The molecule has 1 nitrogen and oxygen atoms in total. The first kappa shape index (κ1) is 12.0. The molecule has 2 aliphatic carbocycles. The van der Waals surface area contributed by atoms with Crippen molar-refractivity contribution in [3.63, 3.8) is 0 Å². The second-order valence-electron chi connectivity index (χ2n) is 5.84. The van der Waals surface area contributed by atoms with Gasteiger partial charge in [0.15, 0.2) is 0 Å². The lowest BCUT2D eigenvalue weighted by Gasteiger charge is -2.23. The van der Waals surface area contributed by atoms with Crippen molar-refractivity contribution >= 4 is 0 Å². The predicted molar refractivity (Wildman–Crippen MR) is 76.7 cm³/mol. The largest absolute Gasteiger partial charge is 0.317 e. The van der Waals surface area contributed by atoms with E-state index in [2.05, 4.69) is 47.8 Å². The highest BCUT2D eigenvalue weighted by Gasteiger charge is 2.41. The van der Waals surface area contributed by atoms with Crippen molar-refractivity contribution in [2.24, 2.45) is 5.92 Å². The van der Waals surface area contributed by atoms with Crippen molar-refractivity contribution in [2.45, 2.75) is 37.5 Å². The molecule has 1 heterocycles. The highest BCUT2D eigenvalue weighted by molar-refractivity contribution is 5.36. The summed E-state index contributed by atoms with van der Waals surface area (Å²) in [6.45, 7) is 2.50. The molecule has 2 unspecified atom stereocenters. The highest BCUT2D eigenvalue weighted by Crippen LogP contribution is 2.50. The summed E-state index contributed by atoms with van der Waals surface area (Å²) in [5.41, 5.74) is 1.94. The summed E-state index contributed by atoms with van der Waals surface area (Å²) in [6, 6.07) is 11.0. The molecule has 0 spiro atoms. The van der Waals surface area contributed by atoms with E-state index in [4.69, 9.17) is 0 Å². The van der Waals surface area contributed by atoms with Gasteiger partial charge in [0.25, 0.3) is 0 Å². The van der Waals surface area contributed by atoms with Crippen molar-refractivity contribution < 1.29 is 0 Å². The third-order valence-electron chi connectivity index (χ3n) is 4.58. The molecule has 4 rings (SSSR count). The van der Waals surface area contributed by atoms with Gasteiger partial charge in [0, 0.05) is 5.41 Å². The van der Waals surface area contributed by atoms with E-state index in [1.54, 1.807) is 0 Å². The first-order valence-electron chi connectivity index (χ1n) is 7.35. The Kier molecular flexibility index (Phi) is 3.51. The van der Waals surface area contributed by atoms with Crippen molar-refractivity contribution in [1.82, 2.24) is 5.32 Å². The van der Waals surface area contributed by atoms with E-state index in [1.165, 1.54) is 50.8 Å². The number of fused-ring (bicyclic) bond motifs is 2. The normalized spacial score (nSPS) is 32.3. The smallest absolute Gasteiger partial charge is 0.0138 e. The lowest BCUT2D eigenvalue weighted by Crippen LogP contribution is -2.16. The van der Waals surface area contributed by atoms with E-state index >= 15 is 0 Å². The number of nitrogens with one attached hydrogen (secondary N) is 1. The quantitative estimate of drug-likeness (QED) is 0.740. The molecule has 1 aliphatic heterocycles. The third kappa shape index (κ3) is 2.37. The van der Waals surface area contributed by atoms with Gasteiger partial charge >= 0.3 is 0 Å². The lowest BCUT2D eigenvalue weighted by molar-refractivity contribution is 0.567. The van der Waals surface area contributed by atoms with Crippen LogP contribution in [0.3, 0.4) is 0 Å². The van der Waals surface area contributed by atoms with Gasteiger partial charge < -0.3 is 5.32 Å². The van der Waals surface area contributed by atoms with Crippen LogP contribution in [0.2, 0.25) is 0 Å².